The lowest BCUT2D eigenvalue weighted by Gasteiger charge is -1.94. The van der Waals surface area contributed by atoms with Crippen LogP contribution in [0.5, 0.6) is 0 Å². The van der Waals surface area contributed by atoms with Gasteiger partial charge in [0, 0.05) is 11.6 Å². The molecule has 0 aliphatic rings. The van der Waals surface area contributed by atoms with Crippen LogP contribution in [0.3, 0.4) is 0 Å². The van der Waals surface area contributed by atoms with E-state index in [9.17, 15) is 9.70 Å². The van der Waals surface area contributed by atoms with Crippen molar-refractivity contribution in [1.29, 1.82) is 0 Å². The third-order valence-corrected chi connectivity index (χ3v) is 1.39. The van der Waals surface area contributed by atoms with Gasteiger partial charge in [0.05, 0.1) is 0 Å². The third kappa shape index (κ3) is 1.85. The van der Waals surface area contributed by atoms with Crippen LogP contribution in [0.15, 0.2) is 41.6 Å². The number of allylic oxidation sites excluding steroid dienone is 1. The summed E-state index contributed by atoms with van der Waals surface area (Å²) in [5.41, 5.74) is 0.810. The van der Waals surface area contributed by atoms with Crippen molar-refractivity contribution in [2.45, 2.75) is 0 Å². The highest BCUT2D eigenvalue weighted by molar-refractivity contribution is 5.80. The summed E-state index contributed by atoms with van der Waals surface area (Å²) in [5.74, 6) is 0. The molecule has 3 nitrogen and oxygen atoms in total. The van der Waals surface area contributed by atoms with E-state index in [2.05, 4.69) is 5.18 Å². The van der Waals surface area contributed by atoms with Crippen molar-refractivity contribution in [1.82, 2.24) is 0 Å². The Morgan fingerprint density at radius 2 is 1.92 bits per heavy atom. The van der Waals surface area contributed by atoms with Crippen LogP contribution >= 0.6 is 0 Å². The summed E-state index contributed by atoms with van der Waals surface area (Å²) in [4.78, 5) is 20.3. The minimum Gasteiger partial charge on any atom is -0.298 e. The van der Waals surface area contributed by atoms with Gasteiger partial charge < -0.3 is 0 Å². The van der Waals surface area contributed by atoms with Gasteiger partial charge in [-0.3, -0.25) is 4.79 Å². The highest BCUT2D eigenvalue weighted by Gasteiger charge is 1.98. The molecule has 0 atom stereocenters. The number of hydrogen-bond acceptors (Lipinski definition) is 3. The van der Waals surface area contributed by atoms with Crippen molar-refractivity contribution in [3.05, 3.63) is 46.9 Å². The van der Waals surface area contributed by atoms with Crippen LogP contribution in [-0.4, -0.2) is 6.29 Å². The lowest BCUT2D eigenvalue weighted by molar-refractivity contribution is -0.104. The number of carbonyl (C=O) groups is 1. The molecule has 0 spiro atoms. The minimum atomic E-state index is 0.158. The standard InChI is InChI=1S/C9H7NO2/c11-7-6-9(10-12)8-4-2-1-3-5-8/h1-7H. The molecule has 3 heteroatoms. The molecule has 0 saturated carbocycles. The summed E-state index contributed by atoms with van der Waals surface area (Å²) in [7, 11) is 0. The van der Waals surface area contributed by atoms with Gasteiger partial charge in [0.25, 0.3) is 0 Å². The highest BCUT2D eigenvalue weighted by atomic mass is 16.3. The molecule has 0 aromatic heterocycles. The molecule has 0 heterocycles. The molecule has 1 rings (SSSR count). The predicted molar refractivity (Wildman–Crippen MR) is 46.3 cm³/mol. The first-order chi connectivity index (χ1) is 5.88. The lowest BCUT2D eigenvalue weighted by Crippen LogP contribution is -1.79. The van der Waals surface area contributed by atoms with Gasteiger partial charge in [-0.2, -0.15) is 0 Å². The molecular formula is C9H7NO2. The van der Waals surface area contributed by atoms with E-state index >= 15 is 0 Å². The first kappa shape index (κ1) is 8.33. The molecule has 0 bridgehead atoms. The summed E-state index contributed by atoms with van der Waals surface area (Å²) in [6.07, 6.45) is 1.69. The van der Waals surface area contributed by atoms with Crippen molar-refractivity contribution in [3.63, 3.8) is 0 Å². The first-order valence-electron chi connectivity index (χ1n) is 3.42. The van der Waals surface area contributed by atoms with Crippen molar-refractivity contribution in [3.8, 4) is 0 Å². The Balaban J connectivity index is 3.03. The summed E-state index contributed by atoms with van der Waals surface area (Å²) in [6.45, 7) is 0. The van der Waals surface area contributed by atoms with Gasteiger partial charge >= 0.3 is 0 Å². The van der Waals surface area contributed by atoms with Crippen molar-refractivity contribution in [2.75, 3.05) is 0 Å². The predicted octanol–water partition coefficient (Wildman–Crippen LogP) is 1.99. The number of nitroso groups, excluding NO2 is 1. The van der Waals surface area contributed by atoms with E-state index in [1.807, 2.05) is 6.07 Å². The van der Waals surface area contributed by atoms with E-state index in [0.717, 1.165) is 6.08 Å². The number of nitrogens with zero attached hydrogens (tertiary/aromatic N) is 1. The number of rotatable bonds is 3. The molecule has 0 radical (unpaired) electrons. The third-order valence-electron chi connectivity index (χ3n) is 1.39. The summed E-state index contributed by atoms with van der Waals surface area (Å²) in [6, 6.07) is 8.82. The smallest absolute Gasteiger partial charge is 0.145 e. The molecule has 0 amide bonds. The molecule has 0 saturated heterocycles. The summed E-state index contributed by atoms with van der Waals surface area (Å²) >= 11 is 0. The Labute approximate surface area is 69.7 Å². The molecule has 0 fully saturated rings. The fourth-order valence-electron chi connectivity index (χ4n) is 0.853. The normalized spacial score (nSPS) is 10.8. The summed E-state index contributed by atoms with van der Waals surface area (Å²) in [5, 5.41) is 2.73. The first-order valence-corrected chi connectivity index (χ1v) is 3.42. The largest absolute Gasteiger partial charge is 0.298 e. The molecule has 0 aliphatic carbocycles. The van der Waals surface area contributed by atoms with E-state index in [1.165, 1.54) is 0 Å². The zero-order chi connectivity index (χ0) is 8.81. The Kier molecular flexibility index (Phi) is 2.90. The van der Waals surface area contributed by atoms with Crippen LogP contribution in [0.4, 0.5) is 0 Å². The Hall–Kier alpha value is -1.77. The molecule has 1 aromatic rings. The number of aldehydes is 1. The number of benzene rings is 1. The van der Waals surface area contributed by atoms with Crippen LogP contribution in [0, 0.1) is 4.91 Å². The Morgan fingerprint density at radius 1 is 1.25 bits per heavy atom. The van der Waals surface area contributed by atoms with Gasteiger partial charge in [0.15, 0.2) is 0 Å². The fourth-order valence-corrected chi connectivity index (χ4v) is 0.853. The second kappa shape index (κ2) is 4.18. The molecule has 0 N–H and O–H groups in total. The number of hydrogen-bond donors (Lipinski definition) is 0. The summed E-state index contributed by atoms with van der Waals surface area (Å²) < 4.78 is 0. The Morgan fingerprint density at radius 3 is 2.42 bits per heavy atom. The van der Waals surface area contributed by atoms with Gasteiger partial charge in [0.2, 0.25) is 0 Å². The van der Waals surface area contributed by atoms with Crippen LogP contribution in [0.1, 0.15) is 5.56 Å². The van der Waals surface area contributed by atoms with Crippen LogP contribution in [-0.2, 0) is 4.79 Å². The van der Waals surface area contributed by atoms with E-state index in [1.54, 1.807) is 24.3 Å². The topological polar surface area (TPSA) is 46.5 Å². The van der Waals surface area contributed by atoms with Gasteiger partial charge in [-0.05, 0) is 5.18 Å². The lowest BCUT2D eigenvalue weighted by atomic mass is 10.1. The zero-order valence-corrected chi connectivity index (χ0v) is 6.31. The monoisotopic (exact) mass is 161 g/mol. The van der Waals surface area contributed by atoms with Gasteiger partial charge in [-0.1, -0.05) is 30.3 Å². The maximum Gasteiger partial charge on any atom is 0.145 e. The van der Waals surface area contributed by atoms with Gasteiger partial charge in [-0.15, -0.1) is 4.91 Å². The number of carbonyl (C=O) groups excluding carboxylic acids is 1. The van der Waals surface area contributed by atoms with E-state index in [0.29, 0.717) is 11.8 Å². The van der Waals surface area contributed by atoms with E-state index in [4.69, 9.17) is 0 Å². The SMILES string of the molecule is O=CC=C(N=O)c1ccccc1. The van der Waals surface area contributed by atoms with Crippen molar-refractivity contribution >= 4 is 12.0 Å². The van der Waals surface area contributed by atoms with Crippen LogP contribution in [0.2, 0.25) is 0 Å². The van der Waals surface area contributed by atoms with E-state index < -0.39 is 0 Å². The molecule has 1 aromatic carbocycles. The van der Waals surface area contributed by atoms with Crippen LogP contribution in [0.25, 0.3) is 5.70 Å². The van der Waals surface area contributed by atoms with Gasteiger partial charge in [-0.25, -0.2) is 0 Å². The molecule has 0 unspecified atom stereocenters. The second-order valence-corrected chi connectivity index (χ2v) is 2.15. The minimum absolute atomic E-state index is 0.158. The average Bonchev–Trinajstić information content (AvgIpc) is 2.15. The molecular weight excluding hydrogens is 154 g/mol. The van der Waals surface area contributed by atoms with Crippen molar-refractivity contribution < 1.29 is 4.79 Å². The van der Waals surface area contributed by atoms with Crippen molar-refractivity contribution in [2.24, 2.45) is 5.18 Å². The quantitative estimate of drug-likeness (QED) is 0.386. The fraction of sp³-hybridized carbons (Fsp3) is 0. The van der Waals surface area contributed by atoms with E-state index in [-0.39, 0.29) is 5.70 Å². The molecule has 60 valence electrons. The average molecular weight is 161 g/mol. The maximum atomic E-state index is 10.2. The Bertz CT molecular complexity index is 304. The second-order valence-electron chi connectivity index (χ2n) is 2.15. The van der Waals surface area contributed by atoms with Gasteiger partial charge in [0.1, 0.15) is 12.0 Å². The van der Waals surface area contributed by atoms with Crippen LogP contribution < -0.4 is 0 Å². The highest BCUT2D eigenvalue weighted by Crippen LogP contribution is 2.13. The molecule has 12 heavy (non-hydrogen) atoms. The maximum absolute atomic E-state index is 10.2. The molecule has 0 aliphatic heterocycles. The zero-order valence-electron chi connectivity index (χ0n) is 6.31.